The Labute approximate surface area is 83.9 Å². The molecule has 0 saturated carbocycles. The van der Waals surface area contributed by atoms with Gasteiger partial charge in [-0.3, -0.25) is 4.79 Å². The van der Waals surface area contributed by atoms with Crippen LogP contribution in [0, 0.1) is 11.3 Å². The molecule has 0 radical (unpaired) electrons. The summed E-state index contributed by atoms with van der Waals surface area (Å²) >= 11 is 0. The lowest BCUT2D eigenvalue weighted by Gasteiger charge is -2.34. The van der Waals surface area contributed by atoms with Crippen molar-refractivity contribution in [1.29, 1.82) is 0 Å². The van der Waals surface area contributed by atoms with E-state index in [1.54, 1.807) is 0 Å². The first-order chi connectivity index (χ1) is 6.60. The van der Waals surface area contributed by atoms with Crippen molar-refractivity contribution in [2.24, 2.45) is 11.3 Å². The minimum absolute atomic E-state index is 0.0456. The number of aliphatic carboxylic acids is 1. The van der Waals surface area contributed by atoms with Gasteiger partial charge in [0.2, 0.25) is 0 Å². The van der Waals surface area contributed by atoms with Crippen LogP contribution in [0.15, 0.2) is 0 Å². The van der Waals surface area contributed by atoms with Gasteiger partial charge in [0, 0.05) is 19.8 Å². The summed E-state index contributed by atoms with van der Waals surface area (Å²) in [6.45, 7) is 2.96. The summed E-state index contributed by atoms with van der Waals surface area (Å²) in [6.07, 6.45) is 1.67. The van der Waals surface area contributed by atoms with Crippen LogP contribution in [-0.4, -0.2) is 36.0 Å². The van der Waals surface area contributed by atoms with Crippen molar-refractivity contribution in [3.63, 3.8) is 0 Å². The molecule has 1 fully saturated rings. The van der Waals surface area contributed by atoms with Crippen molar-refractivity contribution >= 4 is 5.97 Å². The van der Waals surface area contributed by atoms with Crippen molar-refractivity contribution in [3.05, 3.63) is 0 Å². The van der Waals surface area contributed by atoms with Crippen LogP contribution in [0.5, 0.6) is 0 Å². The molecule has 1 heterocycles. The van der Waals surface area contributed by atoms with Gasteiger partial charge in [-0.25, -0.2) is 0 Å². The largest absolute Gasteiger partial charge is 0.481 e. The van der Waals surface area contributed by atoms with Gasteiger partial charge in [-0.1, -0.05) is 6.92 Å². The zero-order valence-corrected chi connectivity index (χ0v) is 8.53. The minimum Gasteiger partial charge on any atom is -0.481 e. The van der Waals surface area contributed by atoms with E-state index >= 15 is 0 Å². The highest BCUT2D eigenvalue weighted by molar-refractivity contribution is 5.74. The number of hydrogen-bond donors (Lipinski definition) is 2. The Hall–Kier alpha value is -0.610. The normalized spacial score (nSPS) is 23.0. The number of aliphatic hydroxyl groups excluding tert-OH is 1. The summed E-state index contributed by atoms with van der Waals surface area (Å²) in [5.74, 6) is -0.703. The molecule has 0 aliphatic carbocycles. The lowest BCUT2D eigenvalue weighted by atomic mass is 9.74. The summed E-state index contributed by atoms with van der Waals surface area (Å²) in [7, 11) is 0. The zero-order chi connectivity index (χ0) is 10.6. The van der Waals surface area contributed by atoms with Crippen LogP contribution in [0.4, 0.5) is 0 Å². The lowest BCUT2D eigenvalue weighted by molar-refractivity contribution is -0.156. The second kappa shape index (κ2) is 4.75. The Morgan fingerprint density at radius 2 is 2.07 bits per heavy atom. The quantitative estimate of drug-likeness (QED) is 0.710. The van der Waals surface area contributed by atoms with Crippen LogP contribution < -0.4 is 0 Å². The number of ether oxygens (including phenoxy) is 1. The predicted octanol–water partition coefficient (Wildman–Crippen LogP) is 0.886. The zero-order valence-electron chi connectivity index (χ0n) is 8.53. The van der Waals surface area contributed by atoms with Crippen LogP contribution in [0.2, 0.25) is 0 Å². The van der Waals surface area contributed by atoms with Gasteiger partial charge in [-0.05, 0) is 25.2 Å². The van der Waals surface area contributed by atoms with E-state index in [2.05, 4.69) is 0 Å². The third-order valence-electron chi connectivity index (χ3n) is 2.95. The topological polar surface area (TPSA) is 66.8 Å². The van der Waals surface area contributed by atoms with Gasteiger partial charge in [0.25, 0.3) is 0 Å². The first-order valence-electron chi connectivity index (χ1n) is 5.03. The molecule has 0 spiro atoms. The molecule has 1 aliphatic rings. The molecule has 1 aliphatic heterocycles. The minimum atomic E-state index is -0.749. The van der Waals surface area contributed by atoms with Gasteiger partial charge >= 0.3 is 5.97 Å². The van der Waals surface area contributed by atoms with Crippen LogP contribution in [0.25, 0.3) is 0 Å². The first kappa shape index (κ1) is 11.5. The molecule has 0 aromatic heterocycles. The Morgan fingerprint density at radius 1 is 1.50 bits per heavy atom. The fraction of sp³-hybridized carbons (Fsp3) is 0.900. The van der Waals surface area contributed by atoms with Gasteiger partial charge in [0.1, 0.15) is 0 Å². The number of carboxylic acids is 1. The van der Waals surface area contributed by atoms with Gasteiger partial charge in [-0.2, -0.15) is 0 Å². The molecule has 1 saturated heterocycles. The van der Waals surface area contributed by atoms with E-state index in [0.717, 1.165) is 0 Å². The molecule has 14 heavy (non-hydrogen) atoms. The van der Waals surface area contributed by atoms with E-state index in [9.17, 15) is 9.90 Å². The number of aliphatic hydroxyl groups is 1. The summed E-state index contributed by atoms with van der Waals surface area (Å²) in [4.78, 5) is 11.2. The Kier molecular flexibility index (Phi) is 3.89. The highest BCUT2D eigenvalue weighted by Crippen LogP contribution is 2.37. The van der Waals surface area contributed by atoms with Gasteiger partial charge in [-0.15, -0.1) is 0 Å². The maximum absolute atomic E-state index is 11.2. The SMILES string of the molecule is CC(CO)CC1(C(=O)O)CCOCC1. The van der Waals surface area contributed by atoms with Crippen molar-refractivity contribution in [3.8, 4) is 0 Å². The average Bonchev–Trinajstić information content (AvgIpc) is 2.19. The Morgan fingerprint density at radius 3 is 2.50 bits per heavy atom. The average molecular weight is 202 g/mol. The fourth-order valence-corrected chi connectivity index (χ4v) is 2.00. The molecule has 0 aromatic rings. The van der Waals surface area contributed by atoms with E-state index in [-0.39, 0.29) is 12.5 Å². The summed E-state index contributed by atoms with van der Waals surface area (Å²) in [5, 5.41) is 18.1. The summed E-state index contributed by atoms with van der Waals surface area (Å²) in [5.41, 5.74) is -0.666. The van der Waals surface area contributed by atoms with Crippen molar-refractivity contribution < 1.29 is 19.7 Å². The third-order valence-corrected chi connectivity index (χ3v) is 2.95. The molecule has 1 atom stereocenters. The maximum atomic E-state index is 11.2. The summed E-state index contributed by atoms with van der Waals surface area (Å²) < 4.78 is 5.16. The Bertz CT molecular complexity index is 196. The maximum Gasteiger partial charge on any atom is 0.309 e. The van der Waals surface area contributed by atoms with E-state index in [1.807, 2.05) is 6.92 Å². The molecule has 82 valence electrons. The number of carbonyl (C=O) groups is 1. The lowest BCUT2D eigenvalue weighted by Crippen LogP contribution is -2.39. The first-order valence-corrected chi connectivity index (χ1v) is 5.03. The fourth-order valence-electron chi connectivity index (χ4n) is 2.00. The van der Waals surface area contributed by atoms with Crippen molar-refractivity contribution in [2.75, 3.05) is 19.8 Å². The molecule has 4 nitrogen and oxygen atoms in total. The second-order valence-electron chi connectivity index (χ2n) is 4.19. The van der Waals surface area contributed by atoms with Gasteiger partial charge < -0.3 is 14.9 Å². The van der Waals surface area contributed by atoms with E-state index in [0.29, 0.717) is 32.5 Å². The van der Waals surface area contributed by atoms with Crippen LogP contribution in [-0.2, 0) is 9.53 Å². The molecule has 0 bridgehead atoms. The second-order valence-corrected chi connectivity index (χ2v) is 4.19. The Balaban J connectivity index is 2.65. The molecule has 1 unspecified atom stereocenters. The molecule has 2 N–H and O–H groups in total. The molecule has 1 rings (SSSR count). The molecular formula is C10H18O4. The van der Waals surface area contributed by atoms with E-state index in [4.69, 9.17) is 9.84 Å². The van der Waals surface area contributed by atoms with Crippen LogP contribution >= 0.6 is 0 Å². The standard InChI is InChI=1S/C10H18O4/c1-8(7-11)6-10(9(12)13)2-4-14-5-3-10/h8,11H,2-7H2,1H3,(H,12,13). The number of carboxylic acid groups (broad SMARTS) is 1. The highest BCUT2D eigenvalue weighted by atomic mass is 16.5. The monoisotopic (exact) mass is 202 g/mol. The highest BCUT2D eigenvalue weighted by Gasteiger charge is 2.40. The van der Waals surface area contributed by atoms with Crippen LogP contribution in [0.3, 0.4) is 0 Å². The van der Waals surface area contributed by atoms with E-state index < -0.39 is 11.4 Å². The van der Waals surface area contributed by atoms with Crippen molar-refractivity contribution in [2.45, 2.75) is 26.2 Å². The van der Waals surface area contributed by atoms with Crippen molar-refractivity contribution in [1.82, 2.24) is 0 Å². The van der Waals surface area contributed by atoms with Crippen LogP contribution in [0.1, 0.15) is 26.2 Å². The number of rotatable bonds is 4. The molecule has 0 amide bonds. The smallest absolute Gasteiger partial charge is 0.309 e. The van der Waals surface area contributed by atoms with Gasteiger partial charge in [0.05, 0.1) is 5.41 Å². The molecule has 0 aromatic carbocycles. The predicted molar refractivity (Wildman–Crippen MR) is 51.0 cm³/mol. The third kappa shape index (κ3) is 2.45. The number of hydrogen-bond acceptors (Lipinski definition) is 3. The van der Waals surface area contributed by atoms with E-state index in [1.165, 1.54) is 0 Å². The van der Waals surface area contributed by atoms with Gasteiger partial charge in [0.15, 0.2) is 0 Å². The molecule has 4 heteroatoms. The molecular weight excluding hydrogens is 184 g/mol. The summed E-state index contributed by atoms with van der Waals surface area (Å²) in [6, 6.07) is 0.